The van der Waals surface area contributed by atoms with Crippen LogP contribution in [0.3, 0.4) is 0 Å². The van der Waals surface area contributed by atoms with Crippen molar-refractivity contribution in [2.24, 2.45) is 0 Å². The summed E-state index contributed by atoms with van der Waals surface area (Å²) in [5, 5.41) is 21.6. The molecule has 1 amide bonds. The van der Waals surface area contributed by atoms with Gasteiger partial charge in [0.05, 0.1) is 29.0 Å². The maximum Gasteiger partial charge on any atom is 0.231 e. The molecular weight excluding hydrogens is 391 g/mol. The fourth-order valence-corrected chi connectivity index (χ4v) is 5.16. The van der Waals surface area contributed by atoms with Gasteiger partial charge < -0.3 is 9.84 Å². The van der Waals surface area contributed by atoms with Gasteiger partial charge >= 0.3 is 0 Å². The number of halogens is 1. The molecule has 2 heterocycles. The minimum Gasteiger partial charge on any atom is -0.494 e. The monoisotopic (exact) mass is 410 g/mol. The number of carbonyl (C=O) groups excluding carboxylic acids is 1. The number of hydrogen-bond acceptors (Lipinski definition) is 5. The highest BCUT2D eigenvalue weighted by Gasteiger charge is 2.51. The first-order valence-corrected chi connectivity index (χ1v) is 10.3. The van der Waals surface area contributed by atoms with Gasteiger partial charge in [0.2, 0.25) is 5.91 Å². The lowest BCUT2D eigenvalue weighted by Crippen LogP contribution is -2.48. The number of amides is 1. The van der Waals surface area contributed by atoms with Gasteiger partial charge in [-0.2, -0.15) is 5.26 Å². The summed E-state index contributed by atoms with van der Waals surface area (Å²) < 4.78 is 18.8. The van der Waals surface area contributed by atoms with Gasteiger partial charge in [-0.1, -0.05) is 24.3 Å². The number of rotatable bonds is 4. The average molecular weight is 410 g/mol. The minimum absolute atomic E-state index is 0.0738. The number of allylic oxidation sites excluding steroid dienone is 1. The molecule has 1 fully saturated rings. The summed E-state index contributed by atoms with van der Waals surface area (Å²) in [6, 6.07) is 15.1. The van der Waals surface area contributed by atoms with Crippen molar-refractivity contribution in [2.45, 2.75) is 25.0 Å². The Balaban J connectivity index is 1.73. The van der Waals surface area contributed by atoms with Crippen LogP contribution in [-0.2, 0) is 10.5 Å². The van der Waals surface area contributed by atoms with Crippen molar-refractivity contribution in [3.8, 4) is 11.8 Å². The first-order valence-electron chi connectivity index (χ1n) is 9.29. The summed E-state index contributed by atoms with van der Waals surface area (Å²) in [6.45, 7) is 2.46. The third-order valence-electron chi connectivity index (χ3n) is 5.21. The van der Waals surface area contributed by atoms with E-state index in [9.17, 15) is 19.6 Å². The van der Waals surface area contributed by atoms with E-state index in [0.717, 1.165) is 11.3 Å². The summed E-state index contributed by atoms with van der Waals surface area (Å²) in [7, 11) is 0. The Kier molecular flexibility index (Phi) is 5.07. The fraction of sp³-hybridized carbons (Fsp3) is 0.273. The number of ether oxygens (including phenoxy) is 1. The molecule has 29 heavy (non-hydrogen) atoms. The van der Waals surface area contributed by atoms with Gasteiger partial charge in [0.1, 0.15) is 11.6 Å². The minimum atomic E-state index is -1.60. The summed E-state index contributed by atoms with van der Waals surface area (Å²) in [6.07, 6.45) is 0.0738. The quantitative estimate of drug-likeness (QED) is 0.828. The van der Waals surface area contributed by atoms with Gasteiger partial charge in [0.25, 0.3) is 0 Å². The summed E-state index contributed by atoms with van der Waals surface area (Å²) in [5.74, 6) is -0.155. The molecule has 0 unspecified atom stereocenters. The van der Waals surface area contributed by atoms with Crippen LogP contribution in [0.5, 0.6) is 5.75 Å². The Morgan fingerprint density at radius 2 is 1.97 bits per heavy atom. The lowest BCUT2D eigenvalue weighted by Gasteiger charge is -2.38. The predicted molar refractivity (Wildman–Crippen MR) is 107 cm³/mol. The molecule has 0 aromatic heterocycles. The van der Waals surface area contributed by atoms with Crippen LogP contribution < -0.4 is 4.74 Å². The van der Waals surface area contributed by atoms with Gasteiger partial charge in [-0.3, -0.25) is 9.69 Å². The van der Waals surface area contributed by atoms with E-state index >= 15 is 0 Å². The Morgan fingerprint density at radius 1 is 1.28 bits per heavy atom. The molecule has 0 bridgehead atoms. The summed E-state index contributed by atoms with van der Waals surface area (Å²) in [5.41, 5.74) is 0.128. The van der Waals surface area contributed by atoms with Crippen molar-refractivity contribution in [2.75, 3.05) is 12.4 Å². The molecule has 1 saturated heterocycles. The third-order valence-corrected chi connectivity index (χ3v) is 6.43. The molecule has 0 spiro atoms. The molecule has 0 saturated carbocycles. The first-order chi connectivity index (χ1) is 14.0. The molecule has 0 radical (unpaired) electrons. The normalized spacial score (nSPS) is 23.7. The van der Waals surface area contributed by atoms with E-state index in [4.69, 9.17) is 4.74 Å². The van der Waals surface area contributed by atoms with Crippen molar-refractivity contribution in [1.29, 1.82) is 5.26 Å². The SMILES string of the molecule is CCOc1ccc([C@@H]2CC(=O)N3C(=C2C#N)SC[C@]3(O)c2ccc(F)cc2)cc1. The van der Waals surface area contributed by atoms with Crippen LogP contribution >= 0.6 is 11.8 Å². The molecule has 2 aliphatic rings. The maximum absolute atomic E-state index is 13.3. The molecule has 1 N–H and O–H groups in total. The van der Waals surface area contributed by atoms with Gasteiger partial charge in [-0.05, 0) is 36.8 Å². The second kappa shape index (κ2) is 7.54. The van der Waals surface area contributed by atoms with Crippen molar-refractivity contribution in [1.82, 2.24) is 4.90 Å². The average Bonchev–Trinajstić information content (AvgIpc) is 3.08. The van der Waals surface area contributed by atoms with Crippen LogP contribution in [0.4, 0.5) is 4.39 Å². The van der Waals surface area contributed by atoms with Crippen molar-refractivity contribution >= 4 is 17.7 Å². The van der Waals surface area contributed by atoms with Gasteiger partial charge in [0, 0.05) is 17.9 Å². The zero-order valence-corrected chi connectivity index (χ0v) is 16.6. The molecule has 2 aromatic rings. The van der Waals surface area contributed by atoms with E-state index in [-0.39, 0.29) is 24.0 Å². The molecule has 2 aromatic carbocycles. The maximum atomic E-state index is 13.3. The van der Waals surface area contributed by atoms with Crippen LogP contribution in [0.25, 0.3) is 0 Å². The number of nitrogens with zero attached hydrogens (tertiary/aromatic N) is 2. The number of nitriles is 1. The van der Waals surface area contributed by atoms with Gasteiger partial charge in [-0.15, -0.1) is 11.8 Å². The highest BCUT2D eigenvalue weighted by atomic mass is 32.2. The Labute approximate surface area is 172 Å². The Hall–Kier alpha value is -2.82. The van der Waals surface area contributed by atoms with Crippen molar-refractivity contribution in [3.63, 3.8) is 0 Å². The summed E-state index contributed by atoms with van der Waals surface area (Å²) in [4.78, 5) is 14.4. The molecule has 5 nitrogen and oxygen atoms in total. The smallest absolute Gasteiger partial charge is 0.231 e. The molecule has 2 atom stereocenters. The van der Waals surface area contributed by atoms with Gasteiger partial charge in [-0.25, -0.2) is 4.39 Å². The number of aliphatic hydroxyl groups is 1. The van der Waals surface area contributed by atoms with Gasteiger partial charge in [0.15, 0.2) is 5.72 Å². The number of carbonyl (C=O) groups is 1. The van der Waals surface area contributed by atoms with Crippen LogP contribution in [0.1, 0.15) is 30.4 Å². The van der Waals surface area contributed by atoms with E-state index in [1.807, 2.05) is 31.2 Å². The predicted octanol–water partition coefficient (Wildman–Crippen LogP) is 3.87. The standard InChI is InChI=1S/C22H19FN2O3S/c1-2-28-17-9-3-14(4-10-17)18-11-20(26)25-21(19(18)12-24)29-13-22(25,27)15-5-7-16(23)8-6-15/h3-10,18,27H,2,11,13H2,1H3/t18-,22-/m0/s1. The largest absolute Gasteiger partial charge is 0.494 e. The second-order valence-electron chi connectivity index (χ2n) is 6.93. The van der Waals surface area contributed by atoms with Crippen molar-refractivity contribution < 1.29 is 19.0 Å². The molecule has 148 valence electrons. The second-order valence-corrected chi connectivity index (χ2v) is 7.89. The van der Waals surface area contributed by atoms with Crippen LogP contribution in [-0.4, -0.2) is 28.3 Å². The van der Waals surface area contributed by atoms with Crippen LogP contribution in [0.15, 0.2) is 59.1 Å². The summed E-state index contributed by atoms with van der Waals surface area (Å²) >= 11 is 1.27. The van der Waals surface area contributed by atoms with Crippen LogP contribution in [0.2, 0.25) is 0 Å². The third kappa shape index (κ3) is 3.28. The lowest BCUT2D eigenvalue weighted by atomic mass is 9.85. The number of fused-ring (bicyclic) bond motifs is 1. The Morgan fingerprint density at radius 3 is 2.59 bits per heavy atom. The van der Waals surface area contributed by atoms with Crippen LogP contribution in [0, 0.1) is 17.1 Å². The number of thioether (sulfide) groups is 1. The van der Waals surface area contributed by atoms with E-state index in [1.165, 1.54) is 40.9 Å². The lowest BCUT2D eigenvalue weighted by molar-refractivity contribution is -0.149. The number of hydrogen-bond donors (Lipinski definition) is 1. The number of benzene rings is 2. The highest BCUT2D eigenvalue weighted by Crippen LogP contribution is 2.51. The molecule has 7 heteroatoms. The van der Waals surface area contributed by atoms with E-state index in [1.54, 1.807) is 0 Å². The molecule has 2 aliphatic heterocycles. The highest BCUT2D eigenvalue weighted by molar-refractivity contribution is 8.03. The fourth-order valence-electron chi connectivity index (χ4n) is 3.80. The molecule has 4 rings (SSSR count). The molecule has 0 aliphatic carbocycles. The van der Waals surface area contributed by atoms with E-state index in [0.29, 0.717) is 22.8 Å². The van der Waals surface area contributed by atoms with E-state index < -0.39 is 11.5 Å². The molecular formula is C22H19FN2O3S. The Bertz CT molecular complexity index is 1010. The first kappa shape index (κ1) is 19.5. The topological polar surface area (TPSA) is 73.6 Å². The zero-order valence-electron chi connectivity index (χ0n) is 15.8. The van der Waals surface area contributed by atoms with E-state index in [2.05, 4.69) is 6.07 Å². The van der Waals surface area contributed by atoms with Crippen molar-refractivity contribution in [3.05, 3.63) is 76.1 Å². The zero-order chi connectivity index (χ0) is 20.6.